The van der Waals surface area contributed by atoms with Gasteiger partial charge < -0.3 is 9.73 Å². The quantitative estimate of drug-likeness (QED) is 0.280. The van der Waals surface area contributed by atoms with Gasteiger partial charge in [0.05, 0.1) is 10.6 Å². The first-order chi connectivity index (χ1) is 15.8. The Morgan fingerprint density at radius 1 is 1.12 bits per heavy atom. The predicted molar refractivity (Wildman–Crippen MR) is 138 cm³/mol. The van der Waals surface area contributed by atoms with Gasteiger partial charge in [-0.05, 0) is 78.7 Å². The van der Waals surface area contributed by atoms with Crippen molar-refractivity contribution in [2.45, 2.75) is 26.2 Å². The molecule has 0 aliphatic rings. The van der Waals surface area contributed by atoms with Crippen LogP contribution in [0.1, 0.15) is 42.1 Å². The Balaban J connectivity index is 1.50. The molecule has 8 heteroatoms. The van der Waals surface area contributed by atoms with E-state index < -0.39 is 5.91 Å². The van der Waals surface area contributed by atoms with E-state index in [1.165, 1.54) is 11.6 Å². The first-order valence-electron chi connectivity index (χ1n) is 10.4. The van der Waals surface area contributed by atoms with Crippen LogP contribution in [0.25, 0.3) is 22.6 Å². The number of anilines is 1. The molecule has 5 nitrogen and oxygen atoms in total. The summed E-state index contributed by atoms with van der Waals surface area (Å²) in [7, 11) is 0. The average Bonchev–Trinajstić information content (AvgIpc) is 3.23. The molecule has 168 valence electrons. The van der Waals surface area contributed by atoms with Gasteiger partial charge in [-0.1, -0.05) is 49.2 Å². The number of rotatable bonds is 5. The standard InChI is InChI=1S/C25H21Cl2N3O2S/c1-3-14(2)15-7-10-22-21(12-15)29-24(32-22)16-5-4-6-18(11-16)28-25(33)30-23(31)19-13-17(26)8-9-20(19)27/h4-14H,3H2,1-2H3,(H2,28,30,31,33)/t14-/m0/s1. The third-order valence-corrected chi connectivity index (χ3v) is 6.13. The normalized spacial score (nSPS) is 11.9. The summed E-state index contributed by atoms with van der Waals surface area (Å²) in [6.45, 7) is 4.36. The molecule has 3 aromatic carbocycles. The van der Waals surface area contributed by atoms with Gasteiger partial charge in [-0.2, -0.15) is 0 Å². The fourth-order valence-corrected chi connectivity index (χ4v) is 3.93. The smallest absolute Gasteiger partial charge is 0.258 e. The minimum Gasteiger partial charge on any atom is -0.436 e. The summed E-state index contributed by atoms with van der Waals surface area (Å²) in [5.74, 6) is 0.517. The van der Waals surface area contributed by atoms with Gasteiger partial charge >= 0.3 is 0 Å². The Morgan fingerprint density at radius 3 is 2.73 bits per heavy atom. The molecule has 0 saturated carbocycles. The fourth-order valence-electron chi connectivity index (χ4n) is 3.34. The summed E-state index contributed by atoms with van der Waals surface area (Å²) in [6.07, 6.45) is 1.06. The molecular weight excluding hydrogens is 477 g/mol. The Labute approximate surface area is 207 Å². The lowest BCUT2D eigenvalue weighted by atomic mass is 9.98. The molecule has 4 rings (SSSR count). The Bertz CT molecular complexity index is 1350. The number of nitrogens with zero attached hydrogens (tertiary/aromatic N) is 1. The van der Waals surface area contributed by atoms with Crippen LogP contribution in [-0.4, -0.2) is 16.0 Å². The van der Waals surface area contributed by atoms with Crippen molar-refractivity contribution in [3.63, 3.8) is 0 Å². The van der Waals surface area contributed by atoms with Gasteiger partial charge in [-0.15, -0.1) is 0 Å². The largest absolute Gasteiger partial charge is 0.436 e. The lowest BCUT2D eigenvalue weighted by Gasteiger charge is -2.11. The van der Waals surface area contributed by atoms with Crippen LogP contribution in [-0.2, 0) is 0 Å². The van der Waals surface area contributed by atoms with E-state index in [1.807, 2.05) is 30.3 Å². The lowest BCUT2D eigenvalue weighted by Crippen LogP contribution is -2.34. The van der Waals surface area contributed by atoms with Gasteiger partial charge in [0, 0.05) is 16.3 Å². The average molecular weight is 498 g/mol. The zero-order valence-corrected chi connectivity index (χ0v) is 20.3. The number of hydrogen-bond donors (Lipinski definition) is 2. The van der Waals surface area contributed by atoms with Crippen molar-refractivity contribution >= 4 is 63.2 Å². The SMILES string of the molecule is CC[C@H](C)c1ccc2oc(-c3cccc(NC(=S)NC(=O)c4cc(Cl)ccc4Cl)c3)nc2c1. The number of nitrogens with one attached hydrogen (secondary N) is 2. The molecule has 33 heavy (non-hydrogen) atoms. The van der Waals surface area contributed by atoms with Gasteiger partial charge in [-0.25, -0.2) is 4.98 Å². The van der Waals surface area contributed by atoms with Gasteiger partial charge in [0.25, 0.3) is 5.91 Å². The van der Waals surface area contributed by atoms with Crippen molar-refractivity contribution in [3.05, 3.63) is 81.8 Å². The molecule has 0 unspecified atom stereocenters. The molecule has 0 aliphatic carbocycles. The summed E-state index contributed by atoms with van der Waals surface area (Å²) < 4.78 is 5.96. The van der Waals surface area contributed by atoms with Crippen LogP contribution < -0.4 is 10.6 Å². The predicted octanol–water partition coefficient (Wildman–Crippen LogP) is 7.44. The fraction of sp³-hybridized carbons (Fsp3) is 0.160. The maximum Gasteiger partial charge on any atom is 0.258 e. The maximum atomic E-state index is 12.5. The van der Waals surface area contributed by atoms with Gasteiger partial charge in [0.15, 0.2) is 10.7 Å². The number of carbonyl (C=O) groups is 1. The zero-order valence-electron chi connectivity index (χ0n) is 18.0. The second-order valence-corrected chi connectivity index (χ2v) is 8.92. The second-order valence-electron chi connectivity index (χ2n) is 7.67. The second kappa shape index (κ2) is 9.91. The van der Waals surface area contributed by atoms with Gasteiger partial charge in [-0.3, -0.25) is 10.1 Å². The molecule has 0 fully saturated rings. The first-order valence-corrected chi connectivity index (χ1v) is 11.6. The molecule has 2 N–H and O–H groups in total. The van der Waals surface area contributed by atoms with E-state index in [-0.39, 0.29) is 15.7 Å². The number of aromatic nitrogens is 1. The molecule has 0 bridgehead atoms. The third-order valence-electron chi connectivity index (χ3n) is 5.36. The summed E-state index contributed by atoms with van der Waals surface area (Å²) in [5.41, 5.74) is 4.50. The Kier molecular flexibility index (Phi) is 6.98. The molecule has 1 atom stereocenters. The highest BCUT2D eigenvalue weighted by Crippen LogP contribution is 2.29. The van der Waals surface area contributed by atoms with Crippen molar-refractivity contribution in [1.29, 1.82) is 0 Å². The summed E-state index contributed by atoms with van der Waals surface area (Å²) >= 11 is 17.3. The summed E-state index contributed by atoms with van der Waals surface area (Å²) in [4.78, 5) is 17.2. The van der Waals surface area contributed by atoms with E-state index in [2.05, 4.69) is 41.6 Å². The third kappa shape index (κ3) is 5.36. The van der Waals surface area contributed by atoms with Crippen LogP contribution in [0.2, 0.25) is 10.0 Å². The number of halogens is 2. The molecule has 0 spiro atoms. The number of thiocarbonyl (C=S) groups is 1. The van der Waals surface area contributed by atoms with Crippen LogP contribution in [0.4, 0.5) is 5.69 Å². The van der Waals surface area contributed by atoms with E-state index in [9.17, 15) is 4.79 Å². The first kappa shape index (κ1) is 23.2. The number of hydrogen-bond acceptors (Lipinski definition) is 4. The Morgan fingerprint density at radius 2 is 1.94 bits per heavy atom. The maximum absolute atomic E-state index is 12.5. The van der Waals surface area contributed by atoms with E-state index in [1.54, 1.807) is 12.1 Å². The highest BCUT2D eigenvalue weighted by atomic mass is 35.5. The molecule has 4 aromatic rings. The molecule has 0 aliphatic heterocycles. The highest BCUT2D eigenvalue weighted by molar-refractivity contribution is 7.80. The van der Waals surface area contributed by atoms with E-state index in [0.717, 1.165) is 23.1 Å². The van der Waals surface area contributed by atoms with Crippen LogP contribution >= 0.6 is 35.4 Å². The molecule has 1 aromatic heterocycles. The minimum atomic E-state index is -0.452. The number of fused-ring (bicyclic) bond motifs is 1. The minimum absolute atomic E-state index is 0.129. The topological polar surface area (TPSA) is 67.2 Å². The van der Waals surface area contributed by atoms with Crippen molar-refractivity contribution < 1.29 is 9.21 Å². The van der Waals surface area contributed by atoms with Crippen molar-refractivity contribution in [2.75, 3.05) is 5.32 Å². The van der Waals surface area contributed by atoms with Crippen LogP contribution in [0.5, 0.6) is 0 Å². The number of oxazole rings is 1. The molecule has 1 heterocycles. The number of carbonyl (C=O) groups excluding carboxylic acids is 1. The van der Waals surface area contributed by atoms with Crippen LogP contribution in [0.3, 0.4) is 0 Å². The van der Waals surface area contributed by atoms with Crippen LogP contribution in [0.15, 0.2) is 65.1 Å². The van der Waals surface area contributed by atoms with Crippen molar-refractivity contribution in [3.8, 4) is 11.5 Å². The van der Waals surface area contributed by atoms with Gasteiger partial charge in [0.2, 0.25) is 5.89 Å². The number of amides is 1. The zero-order chi connectivity index (χ0) is 23.5. The van der Waals surface area contributed by atoms with Crippen molar-refractivity contribution in [2.24, 2.45) is 0 Å². The summed E-state index contributed by atoms with van der Waals surface area (Å²) in [6, 6.07) is 18.2. The molecular formula is C25H21Cl2N3O2S. The highest BCUT2D eigenvalue weighted by Gasteiger charge is 2.14. The molecule has 1 amide bonds. The lowest BCUT2D eigenvalue weighted by molar-refractivity contribution is 0.0978. The van der Waals surface area contributed by atoms with E-state index >= 15 is 0 Å². The molecule has 0 radical (unpaired) electrons. The van der Waals surface area contributed by atoms with Crippen LogP contribution in [0, 0.1) is 0 Å². The monoisotopic (exact) mass is 497 g/mol. The van der Waals surface area contributed by atoms with Crippen molar-refractivity contribution in [1.82, 2.24) is 10.3 Å². The number of benzene rings is 3. The van der Waals surface area contributed by atoms with E-state index in [0.29, 0.717) is 22.5 Å². The van der Waals surface area contributed by atoms with E-state index in [4.69, 9.17) is 39.8 Å². The molecule has 0 saturated heterocycles. The van der Waals surface area contributed by atoms with Gasteiger partial charge in [0.1, 0.15) is 5.52 Å². The Hall–Kier alpha value is -2.93. The summed E-state index contributed by atoms with van der Waals surface area (Å²) in [5, 5.41) is 6.44.